The van der Waals surface area contributed by atoms with Crippen molar-refractivity contribution in [3.05, 3.63) is 58.1 Å². The summed E-state index contributed by atoms with van der Waals surface area (Å²) in [6.45, 7) is 1.88. The molecule has 0 aliphatic rings. The minimum atomic E-state index is -0.372. The molecule has 2 aromatic rings. The molecule has 1 aromatic carbocycles. The predicted octanol–water partition coefficient (Wildman–Crippen LogP) is 3.47. The second-order valence-corrected chi connectivity index (χ2v) is 4.90. The van der Waals surface area contributed by atoms with Gasteiger partial charge in [-0.3, -0.25) is 4.79 Å². The maximum Gasteiger partial charge on any atom is 0.228 e. The van der Waals surface area contributed by atoms with Gasteiger partial charge in [-0.05, 0) is 46.1 Å². The van der Waals surface area contributed by atoms with Gasteiger partial charge < -0.3 is 5.32 Å². The van der Waals surface area contributed by atoms with Crippen molar-refractivity contribution in [2.24, 2.45) is 0 Å². The standard InChI is InChI=1S/C14H12BrFN2O/c1-9-6-11(8-17-14(9)15)18-13(19)7-10-4-2-3-5-12(10)16/h2-6,8H,7H2,1H3,(H,18,19). The number of halogens is 2. The molecular weight excluding hydrogens is 311 g/mol. The molecule has 0 unspecified atom stereocenters. The van der Waals surface area contributed by atoms with Crippen molar-refractivity contribution in [2.75, 3.05) is 5.32 Å². The molecule has 0 aliphatic heterocycles. The van der Waals surface area contributed by atoms with Gasteiger partial charge in [0.1, 0.15) is 10.4 Å². The van der Waals surface area contributed by atoms with E-state index in [9.17, 15) is 9.18 Å². The van der Waals surface area contributed by atoms with Gasteiger partial charge in [0.2, 0.25) is 5.91 Å². The summed E-state index contributed by atoms with van der Waals surface area (Å²) in [4.78, 5) is 15.9. The van der Waals surface area contributed by atoms with E-state index in [2.05, 4.69) is 26.2 Å². The van der Waals surface area contributed by atoms with Crippen molar-refractivity contribution in [1.82, 2.24) is 4.98 Å². The van der Waals surface area contributed by atoms with Crippen LogP contribution in [0.1, 0.15) is 11.1 Å². The summed E-state index contributed by atoms with van der Waals surface area (Å²) in [5.41, 5.74) is 1.90. The van der Waals surface area contributed by atoms with E-state index in [1.54, 1.807) is 30.5 Å². The van der Waals surface area contributed by atoms with Crippen LogP contribution in [0.15, 0.2) is 41.1 Å². The van der Waals surface area contributed by atoms with Crippen LogP contribution in [-0.4, -0.2) is 10.9 Å². The van der Waals surface area contributed by atoms with Gasteiger partial charge in [0, 0.05) is 0 Å². The van der Waals surface area contributed by atoms with Crippen LogP contribution >= 0.6 is 15.9 Å². The monoisotopic (exact) mass is 322 g/mol. The van der Waals surface area contributed by atoms with Crippen LogP contribution in [0.3, 0.4) is 0 Å². The van der Waals surface area contributed by atoms with Crippen LogP contribution in [0.5, 0.6) is 0 Å². The fraction of sp³-hybridized carbons (Fsp3) is 0.143. The Labute approximate surface area is 119 Å². The smallest absolute Gasteiger partial charge is 0.228 e. The number of pyridine rings is 1. The predicted molar refractivity (Wildman–Crippen MR) is 75.4 cm³/mol. The van der Waals surface area contributed by atoms with Gasteiger partial charge in [0.25, 0.3) is 0 Å². The van der Waals surface area contributed by atoms with Crippen molar-refractivity contribution in [2.45, 2.75) is 13.3 Å². The van der Waals surface area contributed by atoms with Gasteiger partial charge in [0.15, 0.2) is 0 Å². The van der Waals surface area contributed by atoms with E-state index >= 15 is 0 Å². The Bertz CT molecular complexity index is 616. The van der Waals surface area contributed by atoms with E-state index < -0.39 is 0 Å². The van der Waals surface area contributed by atoms with Gasteiger partial charge in [-0.2, -0.15) is 0 Å². The lowest BCUT2D eigenvalue weighted by molar-refractivity contribution is -0.115. The number of carbonyl (C=O) groups excluding carboxylic acids is 1. The third-order valence-electron chi connectivity index (χ3n) is 2.61. The maximum absolute atomic E-state index is 13.4. The number of hydrogen-bond donors (Lipinski definition) is 1. The molecule has 3 nitrogen and oxygen atoms in total. The van der Waals surface area contributed by atoms with Crippen molar-refractivity contribution < 1.29 is 9.18 Å². The first kappa shape index (κ1) is 13.7. The van der Waals surface area contributed by atoms with Gasteiger partial charge in [-0.15, -0.1) is 0 Å². The molecule has 0 bridgehead atoms. The molecule has 5 heteroatoms. The number of benzene rings is 1. The van der Waals surface area contributed by atoms with Crippen LogP contribution < -0.4 is 5.32 Å². The SMILES string of the molecule is Cc1cc(NC(=O)Cc2ccccc2F)cnc1Br. The fourth-order valence-electron chi connectivity index (χ4n) is 1.65. The van der Waals surface area contributed by atoms with Crippen molar-refractivity contribution in [3.8, 4) is 0 Å². The van der Waals surface area contributed by atoms with Gasteiger partial charge in [0.05, 0.1) is 18.3 Å². The molecule has 1 aromatic heterocycles. The lowest BCUT2D eigenvalue weighted by Gasteiger charge is -2.07. The summed E-state index contributed by atoms with van der Waals surface area (Å²) in [5.74, 6) is -0.642. The molecule has 0 aliphatic carbocycles. The highest BCUT2D eigenvalue weighted by Gasteiger charge is 2.08. The first-order valence-corrected chi connectivity index (χ1v) is 6.51. The van der Waals surface area contributed by atoms with E-state index in [4.69, 9.17) is 0 Å². The van der Waals surface area contributed by atoms with Crippen LogP contribution in [0.4, 0.5) is 10.1 Å². The van der Waals surface area contributed by atoms with Crippen molar-refractivity contribution in [3.63, 3.8) is 0 Å². The number of amides is 1. The lowest BCUT2D eigenvalue weighted by Crippen LogP contribution is -2.15. The Morgan fingerprint density at radius 1 is 1.42 bits per heavy atom. The highest BCUT2D eigenvalue weighted by atomic mass is 79.9. The highest BCUT2D eigenvalue weighted by Crippen LogP contribution is 2.17. The fourth-order valence-corrected chi connectivity index (χ4v) is 1.86. The minimum Gasteiger partial charge on any atom is -0.324 e. The number of rotatable bonds is 3. The summed E-state index contributed by atoms with van der Waals surface area (Å²) in [7, 11) is 0. The number of aryl methyl sites for hydroxylation is 1. The van der Waals surface area contributed by atoms with Crippen molar-refractivity contribution in [1.29, 1.82) is 0 Å². The summed E-state index contributed by atoms with van der Waals surface area (Å²) < 4.78 is 14.1. The maximum atomic E-state index is 13.4. The second kappa shape index (κ2) is 5.93. The zero-order valence-corrected chi connectivity index (χ0v) is 11.9. The van der Waals surface area contributed by atoms with E-state index in [0.717, 1.165) is 10.2 Å². The number of nitrogens with one attached hydrogen (secondary N) is 1. The molecule has 0 atom stereocenters. The third-order valence-corrected chi connectivity index (χ3v) is 3.44. The van der Waals surface area contributed by atoms with Crippen molar-refractivity contribution >= 4 is 27.5 Å². The van der Waals surface area contributed by atoms with Crippen LogP contribution in [0.2, 0.25) is 0 Å². The number of carbonyl (C=O) groups is 1. The van der Waals surface area contributed by atoms with Gasteiger partial charge >= 0.3 is 0 Å². The van der Waals surface area contributed by atoms with Crippen LogP contribution in [-0.2, 0) is 11.2 Å². The molecule has 1 heterocycles. The minimum absolute atomic E-state index is 0.00177. The quantitative estimate of drug-likeness (QED) is 0.879. The first-order valence-electron chi connectivity index (χ1n) is 5.71. The molecule has 1 N–H and O–H groups in total. The number of hydrogen-bond acceptors (Lipinski definition) is 2. The molecule has 0 fully saturated rings. The third kappa shape index (κ3) is 3.61. The normalized spacial score (nSPS) is 10.3. The van der Waals surface area contributed by atoms with E-state index in [-0.39, 0.29) is 18.1 Å². The lowest BCUT2D eigenvalue weighted by atomic mass is 10.1. The molecule has 0 radical (unpaired) electrons. The Morgan fingerprint density at radius 3 is 2.84 bits per heavy atom. The first-order chi connectivity index (χ1) is 9.06. The molecule has 2 rings (SSSR count). The molecular formula is C14H12BrFN2O. The average Bonchev–Trinajstić information content (AvgIpc) is 2.37. The number of aromatic nitrogens is 1. The summed E-state index contributed by atoms with van der Waals surface area (Å²) in [6, 6.07) is 8.04. The Balaban J connectivity index is 2.05. The molecule has 1 amide bonds. The van der Waals surface area contributed by atoms with E-state index in [1.165, 1.54) is 6.07 Å². The summed E-state index contributed by atoms with van der Waals surface area (Å²) >= 11 is 3.29. The summed E-state index contributed by atoms with van der Waals surface area (Å²) in [5, 5.41) is 2.70. The molecule has 98 valence electrons. The van der Waals surface area contributed by atoms with E-state index in [0.29, 0.717) is 11.3 Å². The molecule has 0 saturated carbocycles. The zero-order valence-electron chi connectivity index (χ0n) is 10.3. The largest absolute Gasteiger partial charge is 0.324 e. The Morgan fingerprint density at radius 2 is 2.16 bits per heavy atom. The van der Waals surface area contributed by atoms with Crippen LogP contribution in [0.25, 0.3) is 0 Å². The van der Waals surface area contributed by atoms with Gasteiger partial charge in [-0.25, -0.2) is 9.37 Å². The highest BCUT2D eigenvalue weighted by molar-refractivity contribution is 9.10. The van der Waals surface area contributed by atoms with Gasteiger partial charge in [-0.1, -0.05) is 18.2 Å². The molecule has 19 heavy (non-hydrogen) atoms. The number of nitrogens with zero attached hydrogens (tertiary/aromatic N) is 1. The molecule has 0 saturated heterocycles. The average molecular weight is 323 g/mol. The zero-order chi connectivity index (χ0) is 13.8. The Hall–Kier alpha value is -1.75. The topological polar surface area (TPSA) is 42.0 Å². The number of anilines is 1. The summed E-state index contributed by atoms with van der Waals surface area (Å²) in [6.07, 6.45) is 1.55. The van der Waals surface area contributed by atoms with Crippen LogP contribution in [0, 0.1) is 12.7 Å². The molecule has 0 spiro atoms. The second-order valence-electron chi connectivity index (χ2n) is 4.15. The Kier molecular flexibility index (Phi) is 4.27. The van der Waals surface area contributed by atoms with E-state index in [1.807, 2.05) is 6.92 Å².